The largest absolute Gasteiger partial charge is 0.361 e. The summed E-state index contributed by atoms with van der Waals surface area (Å²) in [4.78, 5) is 15.9. The molecule has 1 atom stereocenters. The molecular formula is C19H27N3O. The number of rotatable bonds is 4. The van der Waals surface area contributed by atoms with Crippen LogP contribution in [-0.4, -0.2) is 23.0 Å². The minimum atomic E-state index is -0.732. The zero-order valence-electron chi connectivity index (χ0n) is 14.3. The van der Waals surface area contributed by atoms with Crippen molar-refractivity contribution in [1.82, 2.24) is 10.3 Å². The maximum Gasteiger partial charge on any atom is 0.240 e. The SMILES string of the molecule is Cc1ccc2[nH]cc(CCNC(=O)C3(N)CCCC3(C)C)c2c1. The van der Waals surface area contributed by atoms with Gasteiger partial charge in [0.15, 0.2) is 0 Å². The third kappa shape index (κ3) is 2.76. The minimum absolute atomic E-state index is 0.00368. The Balaban J connectivity index is 1.65. The summed E-state index contributed by atoms with van der Waals surface area (Å²) in [5.74, 6) is -0.00368. The molecule has 4 N–H and O–H groups in total. The quantitative estimate of drug-likeness (QED) is 0.812. The number of nitrogens with two attached hydrogens (primary N) is 1. The van der Waals surface area contributed by atoms with E-state index in [1.807, 2.05) is 6.20 Å². The standard InChI is InChI=1S/C19H27N3O/c1-13-5-6-16-15(11-13)14(12-22-16)7-10-21-17(23)19(20)9-4-8-18(19,2)3/h5-6,11-12,22H,4,7-10,20H2,1-3H3,(H,21,23). The Morgan fingerprint density at radius 3 is 2.83 bits per heavy atom. The van der Waals surface area contributed by atoms with Gasteiger partial charge in [0.05, 0.1) is 0 Å². The lowest BCUT2D eigenvalue weighted by Gasteiger charge is -2.36. The van der Waals surface area contributed by atoms with Crippen LogP contribution < -0.4 is 11.1 Å². The molecule has 1 aliphatic rings. The highest BCUT2D eigenvalue weighted by Gasteiger charge is 2.51. The molecular weight excluding hydrogens is 286 g/mol. The second-order valence-corrected chi connectivity index (χ2v) is 7.58. The predicted molar refractivity (Wildman–Crippen MR) is 94.3 cm³/mol. The van der Waals surface area contributed by atoms with Gasteiger partial charge >= 0.3 is 0 Å². The summed E-state index contributed by atoms with van der Waals surface area (Å²) in [6, 6.07) is 6.39. The number of hydrogen-bond acceptors (Lipinski definition) is 2. The average Bonchev–Trinajstić information content (AvgIpc) is 3.01. The van der Waals surface area contributed by atoms with Crippen molar-refractivity contribution in [3.63, 3.8) is 0 Å². The highest BCUT2D eigenvalue weighted by atomic mass is 16.2. The Bertz CT molecular complexity index is 731. The molecule has 1 saturated carbocycles. The number of nitrogens with one attached hydrogen (secondary N) is 2. The summed E-state index contributed by atoms with van der Waals surface area (Å²) in [5, 5.41) is 4.30. The summed E-state index contributed by atoms with van der Waals surface area (Å²) in [6.45, 7) is 6.91. The third-order valence-corrected chi connectivity index (χ3v) is 5.59. The second-order valence-electron chi connectivity index (χ2n) is 7.58. The summed E-state index contributed by atoms with van der Waals surface area (Å²) >= 11 is 0. The van der Waals surface area contributed by atoms with Gasteiger partial charge in [-0.3, -0.25) is 4.79 Å². The number of hydrogen-bond donors (Lipinski definition) is 3. The van der Waals surface area contributed by atoms with Crippen LogP contribution in [0, 0.1) is 12.3 Å². The molecule has 1 aliphatic carbocycles. The Morgan fingerprint density at radius 2 is 2.13 bits per heavy atom. The molecule has 0 aliphatic heterocycles. The van der Waals surface area contributed by atoms with Crippen LogP contribution in [0.15, 0.2) is 24.4 Å². The lowest BCUT2D eigenvalue weighted by Crippen LogP contribution is -2.60. The van der Waals surface area contributed by atoms with E-state index in [0.29, 0.717) is 6.54 Å². The van der Waals surface area contributed by atoms with Gasteiger partial charge in [-0.2, -0.15) is 0 Å². The van der Waals surface area contributed by atoms with Crippen molar-refractivity contribution in [2.45, 2.75) is 52.0 Å². The number of H-pyrrole nitrogens is 1. The first kappa shape index (κ1) is 16.1. The molecule has 0 spiro atoms. The minimum Gasteiger partial charge on any atom is -0.361 e. The first-order valence-electron chi connectivity index (χ1n) is 8.47. The first-order valence-corrected chi connectivity index (χ1v) is 8.47. The van der Waals surface area contributed by atoms with Gasteiger partial charge < -0.3 is 16.0 Å². The fourth-order valence-electron chi connectivity index (χ4n) is 3.76. The van der Waals surface area contributed by atoms with E-state index < -0.39 is 5.54 Å². The van der Waals surface area contributed by atoms with Crippen LogP contribution in [0.1, 0.15) is 44.2 Å². The summed E-state index contributed by atoms with van der Waals surface area (Å²) in [7, 11) is 0. The zero-order chi connectivity index (χ0) is 16.7. The Morgan fingerprint density at radius 1 is 1.35 bits per heavy atom. The Kier molecular flexibility index (Phi) is 3.96. The fraction of sp³-hybridized carbons (Fsp3) is 0.526. The predicted octanol–water partition coefficient (Wildman–Crippen LogP) is 3.04. The molecule has 1 aromatic heterocycles. The summed E-state index contributed by atoms with van der Waals surface area (Å²) in [6.07, 6.45) is 5.66. The molecule has 124 valence electrons. The van der Waals surface area contributed by atoms with Crippen molar-refractivity contribution >= 4 is 16.8 Å². The lowest BCUT2D eigenvalue weighted by molar-refractivity contribution is -0.129. The maximum atomic E-state index is 12.6. The van der Waals surface area contributed by atoms with Crippen molar-refractivity contribution in [2.24, 2.45) is 11.1 Å². The van der Waals surface area contributed by atoms with Crippen LogP contribution in [0.25, 0.3) is 10.9 Å². The first-order chi connectivity index (χ1) is 10.8. The molecule has 1 aromatic carbocycles. The zero-order valence-corrected chi connectivity index (χ0v) is 14.3. The van der Waals surface area contributed by atoms with Gasteiger partial charge in [-0.15, -0.1) is 0 Å². The van der Waals surface area contributed by atoms with E-state index >= 15 is 0 Å². The number of aryl methyl sites for hydroxylation is 1. The molecule has 0 radical (unpaired) electrons. The number of benzene rings is 1. The highest BCUT2D eigenvalue weighted by molar-refractivity contribution is 5.88. The van der Waals surface area contributed by atoms with Gasteiger partial charge in [0.25, 0.3) is 0 Å². The number of aromatic amines is 1. The van der Waals surface area contributed by atoms with Crippen molar-refractivity contribution < 1.29 is 4.79 Å². The number of carbonyl (C=O) groups excluding carboxylic acids is 1. The van der Waals surface area contributed by atoms with Crippen molar-refractivity contribution in [2.75, 3.05) is 6.54 Å². The Hall–Kier alpha value is -1.81. The smallest absolute Gasteiger partial charge is 0.240 e. The monoisotopic (exact) mass is 313 g/mol. The van der Waals surface area contributed by atoms with Crippen LogP contribution in [0.3, 0.4) is 0 Å². The van der Waals surface area contributed by atoms with E-state index in [2.05, 4.69) is 49.3 Å². The molecule has 1 heterocycles. The van der Waals surface area contributed by atoms with Gasteiger partial charge in [-0.1, -0.05) is 31.9 Å². The van der Waals surface area contributed by atoms with Crippen LogP contribution in [0.2, 0.25) is 0 Å². The molecule has 1 fully saturated rings. The third-order valence-electron chi connectivity index (χ3n) is 5.59. The normalized spacial score (nSPS) is 23.3. The number of amides is 1. The molecule has 2 aromatic rings. The molecule has 3 rings (SSSR count). The molecule has 0 bridgehead atoms. The van der Waals surface area contributed by atoms with Gasteiger partial charge in [0, 0.05) is 23.6 Å². The van der Waals surface area contributed by atoms with Gasteiger partial charge in [-0.25, -0.2) is 0 Å². The van der Waals surface area contributed by atoms with E-state index in [1.165, 1.54) is 16.5 Å². The van der Waals surface area contributed by atoms with E-state index in [4.69, 9.17) is 5.73 Å². The van der Waals surface area contributed by atoms with E-state index in [0.717, 1.165) is 31.2 Å². The van der Waals surface area contributed by atoms with Crippen LogP contribution in [-0.2, 0) is 11.2 Å². The van der Waals surface area contributed by atoms with Crippen molar-refractivity contribution in [3.05, 3.63) is 35.5 Å². The molecule has 4 heteroatoms. The number of fused-ring (bicyclic) bond motifs is 1. The second kappa shape index (κ2) is 5.68. The molecule has 0 saturated heterocycles. The van der Waals surface area contributed by atoms with E-state index in [-0.39, 0.29) is 11.3 Å². The van der Waals surface area contributed by atoms with Gasteiger partial charge in [0.1, 0.15) is 5.54 Å². The summed E-state index contributed by atoms with van der Waals surface area (Å²) < 4.78 is 0. The fourth-order valence-corrected chi connectivity index (χ4v) is 3.76. The van der Waals surface area contributed by atoms with Crippen molar-refractivity contribution in [3.8, 4) is 0 Å². The van der Waals surface area contributed by atoms with Gasteiger partial charge in [0.2, 0.25) is 5.91 Å². The molecule has 23 heavy (non-hydrogen) atoms. The topological polar surface area (TPSA) is 70.9 Å². The van der Waals surface area contributed by atoms with Gasteiger partial charge in [-0.05, 0) is 49.3 Å². The number of carbonyl (C=O) groups is 1. The molecule has 1 unspecified atom stereocenters. The summed E-state index contributed by atoms with van der Waals surface area (Å²) in [5.41, 5.74) is 9.20. The maximum absolute atomic E-state index is 12.6. The highest BCUT2D eigenvalue weighted by Crippen LogP contribution is 2.44. The van der Waals surface area contributed by atoms with Crippen LogP contribution >= 0.6 is 0 Å². The lowest BCUT2D eigenvalue weighted by atomic mass is 9.75. The van der Waals surface area contributed by atoms with Crippen molar-refractivity contribution in [1.29, 1.82) is 0 Å². The molecule has 1 amide bonds. The number of aromatic nitrogens is 1. The molecule has 4 nitrogen and oxygen atoms in total. The van der Waals surface area contributed by atoms with E-state index in [9.17, 15) is 4.79 Å². The average molecular weight is 313 g/mol. The van der Waals surface area contributed by atoms with Crippen LogP contribution in [0.4, 0.5) is 0 Å². The van der Waals surface area contributed by atoms with Crippen LogP contribution in [0.5, 0.6) is 0 Å². The van der Waals surface area contributed by atoms with E-state index in [1.54, 1.807) is 0 Å². The Labute approximate surface area is 137 Å².